The van der Waals surface area contributed by atoms with Gasteiger partial charge in [0, 0.05) is 17.2 Å². The lowest BCUT2D eigenvalue weighted by Crippen LogP contribution is -2.34. The number of carbonyl (C=O) groups excluding carboxylic acids is 1. The second-order valence-electron chi connectivity index (χ2n) is 7.44. The summed E-state index contributed by atoms with van der Waals surface area (Å²) in [6.07, 6.45) is 0. The van der Waals surface area contributed by atoms with Gasteiger partial charge >= 0.3 is 0 Å². The molecule has 0 aliphatic carbocycles. The van der Waals surface area contributed by atoms with E-state index in [1.807, 2.05) is 30.3 Å². The van der Waals surface area contributed by atoms with Crippen molar-refractivity contribution in [1.82, 2.24) is 10.3 Å². The second-order valence-corrected chi connectivity index (χ2v) is 8.85. The van der Waals surface area contributed by atoms with E-state index in [4.69, 9.17) is 26.7 Å². The van der Waals surface area contributed by atoms with Crippen molar-refractivity contribution >= 4 is 39.7 Å². The summed E-state index contributed by atoms with van der Waals surface area (Å²) in [6.45, 7) is 2.05. The molecule has 0 spiro atoms. The second kappa shape index (κ2) is 10.5. The van der Waals surface area contributed by atoms with E-state index in [0.29, 0.717) is 22.2 Å². The van der Waals surface area contributed by atoms with Crippen LogP contribution in [0.1, 0.15) is 15.9 Å². The van der Waals surface area contributed by atoms with Gasteiger partial charge in [0.15, 0.2) is 10.2 Å². The van der Waals surface area contributed by atoms with Gasteiger partial charge in [0.1, 0.15) is 11.5 Å². The summed E-state index contributed by atoms with van der Waals surface area (Å²) in [6, 6.07) is 23.2. The average Bonchev–Trinajstić information content (AvgIpc) is 3.28. The van der Waals surface area contributed by atoms with Crippen LogP contribution in [-0.2, 0) is 0 Å². The first-order valence-electron chi connectivity index (χ1n) is 10.5. The van der Waals surface area contributed by atoms with Gasteiger partial charge in [0.05, 0.1) is 24.8 Å². The van der Waals surface area contributed by atoms with Crippen molar-refractivity contribution in [1.29, 1.82) is 0 Å². The molecular formula is C26H23N3O3S2. The Hall–Kier alpha value is -3.75. The van der Waals surface area contributed by atoms with E-state index in [1.165, 1.54) is 31.1 Å². The number of nitrogens with one attached hydrogen (secondary N) is 2. The molecule has 3 aromatic carbocycles. The summed E-state index contributed by atoms with van der Waals surface area (Å²) < 4.78 is 10.5. The Morgan fingerprint density at radius 1 is 0.912 bits per heavy atom. The van der Waals surface area contributed by atoms with Crippen LogP contribution in [0.2, 0.25) is 0 Å². The first kappa shape index (κ1) is 23.4. The average molecular weight is 490 g/mol. The molecule has 0 bridgehead atoms. The van der Waals surface area contributed by atoms with Gasteiger partial charge < -0.3 is 14.8 Å². The molecule has 1 heterocycles. The fourth-order valence-electron chi connectivity index (χ4n) is 3.31. The van der Waals surface area contributed by atoms with Crippen LogP contribution in [0.3, 0.4) is 0 Å². The molecule has 172 valence electrons. The van der Waals surface area contributed by atoms with Crippen molar-refractivity contribution in [3.8, 4) is 33.2 Å². The molecule has 0 radical (unpaired) electrons. The maximum Gasteiger partial charge on any atom is 0.257 e. The number of hydrogen-bond acceptors (Lipinski definition) is 6. The van der Waals surface area contributed by atoms with Crippen molar-refractivity contribution in [3.05, 3.63) is 83.9 Å². The molecular weight excluding hydrogens is 466 g/mol. The molecule has 34 heavy (non-hydrogen) atoms. The summed E-state index contributed by atoms with van der Waals surface area (Å²) in [7, 11) is 3.06. The van der Waals surface area contributed by atoms with Gasteiger partial charge in [-0.05, 0) is 36.8 Å². The molecule has 0 unspecified atom stereocenters. The predicted octanol–water partition coefficient (Wildman–Crippen LogP) is 5.93. The highest BCUT2D eigenvalue weighted by Crippen LogP contribution is 2.39. The van der Waals surface area contributed by atoms with Crippen LogP contribution in [0.15, 0.2) is 72.8 Å². The number of thiocarbonyl (C=S) groups is 1. The zero-order valence-corrected chi connectivity index (χ0v) is 20.5. The molecule has 0 aliphatic rings. The SMILES string of the molecule is COc1cc(OC)cc(C(=O)NC(=S)Nc2nc(-c3ccc(C)cc3)c(-c3ccccc3)s2)c1. The van der Waals surface area contributed by atoms with E-state index in [-0.39, 0.29) is 11.0 Å². The topological polar surface area (TPSA) is 72.5 Å². The Bertz CT molecular complexity index is 1300. The highest BCUT2D eigenvalue weighted by Gasteiger charge is 2.17. The highest BCUT2D eigenvalue weighted by atomic mass is 32.1. The standard InChI is InChI=1S/C26H23N3O3S2/c1-16-9-11-17(12-10-16)22-23(18-7-5-4-6-8-18)34-26(27-22)29-25(33)28-24(30)19-13-20(31-2)15-21(14-19)32-3/h4-15H,1-3H3,(H2,27,28,29,30,33). The van der Waals surface area contributed by atoms with E-state index >= 15 is 0 Å². The zero-order valence-electron chi connectivity index (χ0n) is 18.9. The minimum Gasteiger partial charge on any atom is -0.497 e. The lowest BCUT2D eigenvalue weighted by molar-refractivity contribution is 0.0977. The molecule has 0 fully saturated rings. The third-order valence-electron chi connectivity index (χ3n) is 5.05. The smallest absolute Gasteiger partial charge is 0.257 e. The Morgan fingerprint density at radius 3 is 2.18 bits per heavy atom. The van der Waals surface area contributed by atoms with Crippen LogP contribution in [0.25, 0.3) is 21.7 Å². The number of ether oxygens (including phenoxy) is 2. The van der Waals surface area contributed by atoms with E-state index in [1.54, 1.807) is 18.2 Å². The number of rotatable bonds is 6. The maximum absolute atomic E-state index is 12.8. The van der Waals surface area contributed by atoms with Crippen molar-refractivity contribution in [3.63, 3.8) is 0 Å². The molecule has 4 rings (SSSR count). The lowest BCUT2D eigenvalue weighted by atomic mass is 10.1. The van der Waals surface area contributed by atoms with E-state index in [2.05, 4.69) is 41.8 Å². The molecule has 0 saturated carbocycles. The highest BCUT2D eigenvalue weighted by molar-refractivity contribution is 7.80. The van der Waals surface area contributed by atoms with E-state index < -0.39 is 0 Å². The number of carbonyl (C=O) groups is 1. The zero-order chi connectivity index (χ0) is 24.1. The molecule has 0 aliphatic heterocycles. The van der Waals surface area contributed by atoms with Gasteiger partial charge in [-0.1, -0.05) is 71.5 Å². The number of amides is 1. The van der Waals surface area contributed by atoms with Crippen LogP contribution in [0.5, 0.6) is 11.5 Å². The number of aromatic nitrogens is 1. The van der Waals surface area contributed by atoms with E-state index in [0.717, 1.165) is 21.7 Å². The third-order valence-corrected chi connectivity index (χ3v) is 6.27. The van der Waals surface area contributed by atoms with Gasteiger partial charge in [-0.3, -0.25) is 10.1 Å². The fourth-order valence-corrected chi connectivity index (χ4v) is 4.56. The minimum absolute atomic E-state index is 0.149. The molecule has 0 atom stereocenters. The van der Waals surface area contributed by atoms with Gasteiger partial charge in [0.25, 0.3) is 5.91 Å². The van der Waals surface area contributed by atoms with Crippen molar-refractivity contribution in [2.45, 2.75) is 6.92 Å². The number of methoxy groups -OCH3 is 2. The number of benzene rings is 3. The summed E-state index contributed by atoms with van der Waals surface area (Å²) in [5, 5.41) is 6.49. The molecule has 6 nitrogen and oxygen atoms in total. The molecule has 1 amide bonds. The first-order valence-corrected chi connectivity index (χ1v) is 11.7. The van der Waals surface area contributed by atoms with Crippen LogP contribution in [-0.4, -0.2) is 30.2 Å². The van der Waals surface area contributed by atoms with Gasteiger partial charge in [-0.25, -0.2) is 4.98 Å². The Balaban J connectivity index is 1.57. The number of thiazole rings is 1. The molecule has 0 saturated heterocycles. The van der Waals surface area contributed by atoms with E-state index in [9.17, 15) is 4.79 Å². The normalized spacial score (nSPS) is 10.4. The van der Waals surface area contributed by atoms with Gasteiger partial charge in [-0.2, -0.15) is 0 Å². The molecule has 4 aromatic rings. The van der Waals surface area contributed by atoms with Crippen molar-refractivity contribution in [2.24, 2.45) is 0 Å². The molecule has 8 heteroatoms. The van der Waals surface area contributed by atoms with Crippen molar-refractivity contribution < 1.29 is 14.3 Å². The van der Waals surface area contributed by atoms with Gasteiger partial charge in [-0.15, -0.1) is 0 Å². The third kappa shape index (κ3) is 5.41. The van der Waals surface area contributed by atoms with Gasteiger partial charge in [0.2, 0.25) is 0 Å². The summed E-state index contributed by atoms with van der Waals surface area (Å²) in [4.78, 5) is 18.6. The number of anilines is 1. The Kier molecular flexibility index (Phi) is 7.20. The minimum atomic E-state index is -0.381. The Morgan fingerprint density at radius 2 is 1.56 bits per heavy atom. The number of hydrogen-bond donors (Lipinski definition) is 2. The van der Waals surface area contributed by atoms with Crippen LogP contribution in [0.4, 0.5) is 5.13 Å². The quantitative estimate of drug-likeness (QED) is 0.327. The van der Waals surface area contributed by atoms with Crippen LogP contribution < -0.4 is 20.1 Å². The predicted molar refractivity (Wildman–Crippen MR) is 141 cm³/mol. The Labute approximate surface area is 207 Å². The van der Waals surface area contributed by atoms with Crippen LogP contribution in [0, 0.1) is 6.92 Å². The monoisotopic (exact) mass is 489 g/mol. The summed E-state index contributed by atoms with van der Waals surface area (Å²) >= 11 is 6.87. The molecule has 2 N–H and O–H groups in total. The first-order chi connectivity index (χ1) is 16.5. The largest absolute Gasteiger partial charge is 0.497 e. The number of nitrogens with zero attached hydrogens (tertiary/aromatic N) is 1. The summed E-state index contributed by atoms with van der Waals surface area (Å²) in [5.41, 5.74) is 4.46. The fraction of sp³-hybridized carbons (Fsp3) is 0.115. The van der Waals surface area contributed by atoms with Crippen LogP contribution >= 0.6 is 23.6 Å². The van der Waals surface area contributed by atoms with Crippen molar-refractivity contribution in [2.75, 3.05) is 19.5 Å². The maximum atomic E-state index is 12.8. The summed E-state index contributed by atoms with van der Waals surface area (Å²) in [5.74, 6) is 0.644. The molecule has 1 aromatic heterocycles. The number of aryl methyl sites for hydroxylation is 1. The lowest BCUT2D eigenvalue weighted by Gasteiger charge is -2.10.